The number of nitrogens with zero attached hydrogens (tertiary/aromatic N) is 1. The predicted molar refractivity (Wildman–Crippen MR) is 63.9 cm³/mol. The Balaban J connectivity index is 1.82. The van der Waals surface area contributed by atoms with Crippen molar-refractivity contribution in [3.63, 3.8) is 0 Å². The number of aliphatic hydroxyl groups is 1. The van der Waals surface area contributed by atoms with Crippen molar-refractivity contribution in [2.45, 2.75) is 32.2 Å². The number of aliphatic hydroxyl groups excluding tert-OH is 1. The maximum absolute atomic E-state index is 12.9. The zero-order valence-electron chi connectivity index (χ0n) is 9.95. The van der Waals surface area contributed by atoms with Crippen molar-refractivity contribution in [1.29, 1.82) is 0 Å². The van der Waals surface area contributed by atoms with Crippen molar-refractivity contribution in [3.05, 3.63) is 29.8 Å². The Morgan fingerprint density at radius 2 is 2.12 bits per heavy atom. The molecule has 1 heterocycles. The quantitative estimate of drug-likeness (QED) is 0.823. The van der Waals surface area contributed by atoms with E-state index in [2.05, 4.69) is 10.3 Å². The van der Waals surface area contributed by atoms with Gasteiger partial charge >= 0.3 is 0 Å². The minimum atomic E-state index is -0.304. The monoisotopic (exact) mass is 238 g/mol. The second-order valence-electron chi connectivity index (χ2n) is 4.98. The Morgan fingerprint density at radius 1 is 1.35 bits per heavy atom. The van der Waals surface area contributed by atoms with E-state index in [0.717, 1.165) is 24.9 Å². The molecule has 2 rings (SSSR count). The number of hydrogen-bond donors (Lipinski definition) is 2. The third-order valence-electron chi connectivity index (χ3n) is 3.59. The Bertz CT molecular complexity index is 364. The van der Waals surface area contributed by atoms with E-state index in [9.17, 15) is 9.50 Å². The molecule has 0 spiro atoms. The van der Waals surface area contributed by atoms with Crippen LogP contribution in [0.25, 0.3) is 0 Å². The number of halogens is 1. The molecule has 1 fully saturated rings. The minimum absolute atomic E-state index is 0.0424. The van der Waals surface area contributed by atoms with Gasteiger partial charge < -0.3 is 10.4 Å². The lowest BCUT2D eigenvalue weighted by Gasteiger charge is -2.26. The molecule has 2 N–H and O–H groups in total. The summed E-state index contributed by atoms with van der Waals surface area (Å²) in [6.45, 7) is 1.63. The molecular formula is C13H19FN2O. The molecule has 1 saturated carbocycles. The van der Waals surface area contributed by atoms with Gasteiger partial charge in [-0.25, -0.2) is 4.39 Å². The van der Waals surface area contributed by atoms with Gasteiger partial charge in [0.05, 0.1) is 6.20 Å². The molecule has 0 bridgehead atoms. The van der Waals surface area contributed by atoms with Crippen molar-refractivity contribution in [1.82, 2.24) is 10.3 Å². The molecule has 0 unspecified atom stereocenters. The van der Waals surface area contributed by atoms with Crippen molar-refractivity contribution in [2.75, 3.05) is 13.2 Å². The average Bonchev–Trinajstić information content (AvgIpc) is 2.79. The highest BCUT2D eigenvalue weighted by atomic mass is 19.1. The van der Waals surface area contributed by atoms with Crippen LogP contribution >= 0.6 is 0 Å². The highest BCUT2D eigenvalue weighted by Gasteiger charge is 2.32. The normalized spacial score (nSPS) is 18.5. The lowest BCUT2D eigenvalue weighted by Crippen LogP contribution is -2.34. The summed E-state index contributed by atoms with van der Waals surface area (Å²) in [6, 6.07) is 1.49. The molecule has 17 heavy (non-hydrogen) atoms. The van der Waals surface area contributed by atoms with Crippen LogP contribution < -0.4 is 5.32 Å². The summed E-state index contributed by atoms with van der Waals surface area (Å²) in [5.74, 6) is -0.304. The number of nitrogens with one attached hydrogen (secondary N) is 1. The second kappa shape index (κ2) is 5.56. The van der Waals surface area contributed by atoms with E-state index in [1.807, 2.05) is 0 Å². The molecular weight excluding hydrogens is 219 g/mol. The van der Waals surface area contributed by atoms with E-state index < -0.39 is 0 Å². The number of pyridine rings is 1. The molecule has 0 saturated heterocycles. The molecule has 1 aliphatic rings. The van der Waals surface area contributed by atoms with Crippen LogP contribution in [-0.2, 0) is 6.54 Å². The summed E-state index contributed by atoms with van der Waals surface area (Å²) < 4.78 is 12.9. The molecule has 0 atom stereocenters. The average molecular weight is 238 g/mol. The maximum Gasteiger partial charge on any atom is 0.141 e. The minimum Gasteiger partial charge on any atom is -0.396 e. The molecule has 0 radical (unpaired) electrons. The maximum atomic E-state index is 12.9. The first-order valence-corrected chi connectivity index (χ1v) is 6.15. The fourth-order valence-electron chi connectivity index (χ4n) is 2.54. The van der Waals surface area contributed by atoms with Gasteiger partial charge in [-0.2, -0.15) is 0 Å². The van der Waals surface area contributed by atoms with Crippen molar-refractivity contribution >= 4 is 0 Å². The number of aromatic nitrogens is 1. The number of rotatable bonds is 5. The van der Waals surface area contributed by atoms with Crippen LogP contribution in [0.1, 0.15) is 31.2 Å². The molecule has 94 valence electrons. The highest BCUT2D eigenvalue weighted by Crippen LogP contribution is 2.36. The Morgan fingerprint density at radius 3 is 2.76 bits per heavy atom. The third-order valence-corrected chi connectivity index (χ3v) is 3.59. The first-order chi connectivity index (χ1) is 8.24. The first kappa shape index (κ1) is 12.5. The molecule has 1 aromatic rings. The van der Waals surface area contributed by atoms with Crippen molar-refractivity contribution in [2.24, 2.45) is 5.41 Å². The van der Waals surface area contributed by atoms with Gasteiger partial charge in [0.1, 0.15) is 5.82 Å². The van der Waals surface area contributed by atoms with Gasteiger partial charge in [0.2, 0.25) is 0 Å². The van der Waals surface area contributed by atoms with Gasteiger partial charge in [-0.15, -0.1) is 0 Å². The summed E-state index contributed by atoms with van der Waals surface area (Å²) in [5.41, 5.74) is 0.886. The number of hydrogen-bond acceptors (Lipinski definition) is 3. The topological polar surface area (TPSA) is 45.1 Å². The largest absolute Gasteiger partial charge is 0.396 e. The second-order valence-corrected chi connectivity index (χ2v) is 4.98. The van der Waals surface area contributed by atoms with E-state index in [-0.39, 0.29) is 17.8 Å². The van der Waals surface area contributed by atoms with Crippen LogP contribution in [0.5, 0.6) is 0 Å². The summed E-state index contributed by atoms with van der Waals surface area (Å²) in [6.07, 6.45) is 7.43. The molecule has 4 heteroatoms. The van der Waals surface area contributed by atoms with Gasteiger partial charge in [-0.05, 0) is 24.5 Å². The lowest BCUT2D eigenvalue weighted by molar-refractivity contribution is 0.128. The van der Waals surface area contributed by atoms with Crippen molar-refractivity contribution in [3.8, 4) is 0 Å². The van der Waals surface area contributed by atoms with Crippen LogP contribution in [-0.4, -0.2) is 23.2 Å². The summed E-state index contributed by atoms with van der Waals surface area (Å²) >= 11 is 0. The van der Waals surface area contributed by atoms with Gasteiger partial charge in [0.15, 0.2) is 0 Å². The van der Waals surface area contributed by atoms with Crippen LogP contribution in [0, 0.1) is 11.2 Å². The van der Waals surface area contributed by atoms with E-state index in [4.69, 9.17) is 0 Å². The van der Waals surface area contributed by atoms with Crippen LogP contribution in [0.4, 0.5) is 4.39 Å². The van der Waals surface area contributed by atoms with Crippen LogP contribution in [0.3, 0.4) is 0 Å². The summed E-state index contributed by atoms with van der Waals surface area (Å²) in [5, 5.41) is 12.7. The third kappa shape index (κ3) is 3.23. The smallest absolute Gasteiger partial charge is 0.141 e. The first-order valence-electron chi connectivity index (χ1n) is 6.15. The summed E-state index contributed by atoms with van der Waals surface area (Å²) in [7, 11) is 0. The van der Waals surface area contributed by atoms with Crippen LogP contribution in [0.2, 0.25) is 0 Å². The zero-order valence-corrected chi connectivity index (χ0v) is 9.95. The van der Waals surface area contributed by atoms with Gasteiger partial charge in [0.25, 0.3) is 0 Å². The molecule has 0 aliphatic heterocycles. The van der Waals surface area contributed by atoms with Crippen molar-refractivity contribution < 1.29 is 9.50 Å². The molecule has 0 amide bonds. The Labute approximate surface area is 101 Å². The molecule has 3 nitrogen and oxygen atoms in total. The SMILES string of the molecule is OCC1(CNCc2cncc(F)c2)CCCC1. The summed E-state index contributed by atoms with van der Waals surface area (Å²) in [4.78, 5) is 3.81. The standard InChI is InChI=1S/C13H19FN2O/c14-12-5-11(6-15-8-12)7-16-9-13(10-17)3-1-2-4-13/h5-6,8,16-17H,1-4,7,9-10H2. The molecule has 1 aliphatic carbocycles. The molecule has 0 aromatic carbocycles. The fourth-order valence-corrected chi connectivity index (χ4v) is 2.54. The van der Waals surface area contributed by atoms with E-state index in [1.54, 1.807) is 6.20 Å². The molecule has 1 aromatic heterocycles. The van der Waals surface area contributed by atoms with E-state index in [0.29, 0.717) is 6.54 Å². The predicted octanol–water partition coefficient (Wildman–Crippen LogP) is 1.86. The Kier molecular flexibility index (Phi) is 4.07. The fraction of sp³-hybridized carbons (Fsp3) is 0.615. The van der Waals surface area contributed by atoms with E-state index in [1.165, 1.54) is 25.1 Å². The zero-order chi connectivity index (χ0) is 12.1. The van der Waals surface area contributed by atoms with Gasteiger partial charge in [0, 0.05) is 31.3 Å². The van der Waals surface area contributed by atoms with Gasteiger partial charge in [-0.3, -0.25) is 4.98 Å². The highest BCUT2D eigenvalue weighted by molar-refractivity contribution is 5.09. The van der Waals surface area contributed by atoms with Gasteiger partial charge in [-0.1, -0.05) is 12.8 Å². The van der Waals surface area contributed by atoms with Crippen LogP contribution in [0.15, 0.2) is 18.5 Å². The Hall–Kier alpha value is -1.00. The lowest BCUT2D eigenvalue weighted by atomic mass is 9.87. The van der Waals surface area contributed by atoms with E-state index >= 15 is 0 Å².